The molecule has 0 unspecified atom stereocenters. The van der Waals surface area contributed by atoms with Crippen molar-refractivity contribution in [2.24, 2.45) is 5.11 Å². The van der Waals surface area contributed by atoms with Crippen molar-refractivity contribution in [1.29, 1.82) is 0 Å². The van der Waals surface area contributed by atoms with Crippen LogP contribution in [0.3, 0.4) is 0 Å². The fourth-order valence-corrected chi connectivity index (χ4v) is 4.91. The highest BCUT2D eigenvalue weighted by molar-refractivity contribution is 7.26. The highest BCUT2D eigenvalue weighted by Gasteiger charge is 2.13. The van der Waals surface area contributed by atoms with Crippen LogP contribution in [0.1, 0.15) is 5.56 Å². The first-order valence-corrected chi connectivity index (χ1v) is 8.67. The minimum absolute atomic E-state index is 0.509. The third-order valence-electron chi connectivity index (χ3n) is 2.86. The Morgan fingerprint density at radius 3 is 2.45 bits per heavy atom. The summed E-state index contributed by atoms with van der Waals surface area (Å²) >= 11 is 5.32. The van der Waals surface area contributed by atoms with Crippen LogP contribution in [0, 0.1) is 0 Å². The largest absolute Gasteiger partial charge is 0.143 e. The number of nitrogens with zero attached hydrogens (tertiary/aromatic N) is 3. The van der Waals surface area contributed by atoms with Gasteiger partial charge in [0.15, 0.2) is 0 Å². The Labute approximate surface area is 128 Å². The van der Waals surface area contributed by atoms with Crippen molar-refractivity contribution >= 4 is 34.0 Å². The molecule has 0 aliphatic rings. The number of hydrogen-bond acceptors (Lipinski definition) is 4. The van der Waals surface area contributed by atoms with E-state index < -0.39 is 0 Å². The second kappa shape index (κ2) is 6.24. The van der Waals surface area contributed by atoms with Crippen molar-refractivity contribution in [2.75, 3.05) is 6.54 Å². The summed E-state index contributed by atoms with van der Waals surface area (Å²) in [6.45, 7) is 0.509. The van der Waals surface area contributed by atoms with Crippen LogP contribution in [0.25, 0.3) is 30.0 Å². The van der Waals surface area contributed by atoms with E-state index in [9.17, 15) is 0 Å². The fourth-order valence-electron chi connectivity index (χ4n) is 1.99. The van der Waals surface area contributed by atoms with Crippen molar-refractivity contribution in [3.63, 3.8) is 0 Å². The Balaban J connectivity index is 1.99. The molecule has 3 nitrogen and oxygen atoms in total. The van der Waals surface area contributed by atoms with Crippen molar-refractivity contribution < 1.29 is 0 Å². The summed E-state index contributed by atoms with van der Waals surface area (Å²) in [7, 11) is 0. The van der Waals surface area contributed by atoms with E-state index in [1.807, 2.05) is 11.3 Å². The molecular weight excluding hydrogens is 306 g/mol. The van der Waals surface area contributed by atoms with E-state index in [0.29, 0.717) is 6.54 Å². The molecule has 0 bridgehead atoms. The molecule has 0 saturated carbocycles. The molecule has 0 aromatic carbocycles. The molecule has 0 aliphatic heterocycles. The van der Waals surface area contributed by atoms with Gasteiger partial charge in [0.25, 0.3) is 0 Å². The third kappa shape index (κ3) is 2.78. The number of thiophene rings is 3. The maximum Gasteiger partial charge on any atom is 0.0481 e. The maximum absolute atomic E-state index is 8.42. The van der Waals surface area contributed by atoms with E-state index in [4.69, 9.17) is 5.53 Å². The third-order valence-corrected chi connectivity index (χ3v) is 6.16. The standard InChI is InChI=1S/C14H11N3S3/c15-17-16-6-5-10-9-13(11-3-1-7-18-11)20-14(10)12-4-2-8-19-12/h1-4,7-9H,5-6H2. The average molecular weight is 317 g/mol. The van der Waals surface area contributed by atoms with Gasteiger partial charge in [-0.05, 0) is 46.5 Å². The Morgan fingerprint density at radius 1 is 1.05 bits per heavy atom. The zero-order chi connectivity index (χ0) is 13.8. The average Bonchev–Trinajstić information content (AvgIpc) is 3.20. The van der Waals surface area contributed by atoms with Crippen LogP contribution in [-0.2, 0) is 6.42 Å². The number of azide groups is 1. The lowest BCUT2D eigenvalue weighted by Gasteiger charge is -1.98. The zero-order valence-electron chi connectivity index (χ0n) is 10.5. The summed E-state index contributed by atoms with van der Waals surface area (Å²) in [6, 6.07) is 10.7. The van der Waals surface area contributed by atoms with Crippen LogP contribution in [0.4, 0.5) is 0 Å². The quantitative estimate of drug-likeness (QED) is 0.312. The molecule has 3 heterocycles. The highest BCUT2D eigenvalue weighted by Crippen LogP contribution is 2.41. The molecule has 20 heavy (non-hydrogen) atoms. The summed E-state index contributed by atoms with van der Waals surface area (Å²) in [5, 5.41) is 7.84. The minimum atomic E-state index is 0.509. The van der Waals surface area contributed by atoms with E-state index in [1.54, 1.807) is 22.7 Å². The fraction of sp³-hybridized carbons (Fsp3) is 0.143. The van der Waals surface area contributed by atoms with Gasteiger partial charge in [0.05, 0.1) is 0 Å². The van der Waals surface area contributed by atoms with Gasteiger partial charge in [-0.1, -0.05) is 17.2 Å². The number of rotatable bonds is 5. The summed E-state index contributed by atoms with van der Waals surface area (Å²) < 4.78 is 0. The normalized spacial score (nSPS) is 10.4. The molecule has 0 fully saturated rings. The first-order chi connectivity index (χ1) is 9.88. The van der Waals surface area contributed by atoms with Gasteiger partial charge in [-0.15, -0.1) is 34.0 Å². The van der Waals surface area contributed by atoms with E-state index in [0.717, 1.165) is 6.42 Å². The van der Waals surface area contributed by atoms with Crippen LogP contribution in [0.5, 0.6) is 0 Å². The van der Waals surface area contributed by atoms with Gasteiger partial charge in [-0.3, -0.25) is 0 Å². The minimum Gasteiger partial charge on any atom is -0.143 e. The van der Waals surface area contributed by atoms with Gasteiger partial charge >= 0.3 is 0 Å². The molecule has 3 rings (SSSR count). The lowest BCUT2D eigenvalue weighted by atomic mass is 10.1. The molecule has 0 atom stereocenters. The lowest BCUT2D eigenvalue weighted by molar-refractivity contribution is 0.963. The SMILES string of the molecule is [N-]=[N+]=NCCc1cc(-c2cccs2)sc1-c1cccs1. The Kier molecular flexibility index (Phi) is 4.18. The topological polar surface area (TPSA) is 48.8 Å². The maximum atomic E-state index is 8.42. The molecule has 3 aromatic rings. The Morgan fingerprint density at radius 2 is 1.80 bits per heavy atom. The van der Waals surface area contributed by atoms with Crippen LogP contribution < -0.4 is 0 Å². The van der Waals surface area contributed by atoms with E-state index in [-0.39, 0.29) is 0 Å². The summed E-state index contributed by atoms with van der Waals surface area (Å²) in [5.74, 6) is 0. The second-order valence-corrected chi connectivity index (χ2v) is 7.07. The molecule has 0 N–H and O–H groups in total. The van der Waals surface area contributed by atoms with Gasteiger partial charge in [0, 0.05) is 31.0 Å². The van der Waals surface area contributed by atoms with Crippen LogP contribution in [-0.4, -0.2) is 6.54 Å². The van der Waals surface area contributed by atoms with E-state index >= 15 is 0 Å². The van der Waals surface area contributed by atoms with Crippen LogP contribution >= 0.6 is 34.0 Å². The molecule has 0 spiro atoms. The summed E-state index contributed by atoms with van der Waals surface area (Å²) in [4.78, 5) is 8.01. The van der Waals surface area contributed by atoms with E-state index in [1.165, 1.54) is 25.1 Å². The molecule has 0 amide bonds. The van der Waals surface area contributed by atoms with Gasteiger partial charge < -0.3 is 0 Å². The molecule has 100 valence electrons. The summed E-state index contributed by atoms with van der Waals surface area (Å²) in [6.07, 6.45) is 0.791. The monoisotopic (exact) mass is 317 g/mol. The smallest absolute Gasteiger partial charge is 0.0481 e. The van der Waals surface area contributed by atoms with Gasteiger partial charge in [0.1, 0.15) is 0 Å². The van der Waals surface area contributed by atoms with Crippen molar-refractivity contribution in [1.82, 2.24) is 0 Å². The first-order valence-electron chi connectivity index (χ1n) is 6.10. The van der Waals surface area contributed by atoms with Gasteiger partial charge in [-0.2, -0.15) is 0 Å². The molecule has 6 heteroatoms. The molecular formula is C14H11N3S3. The Bertz CT molecular complexity index is 720. The zero-order valence-corrected chi connectivity index (χ0v) is 13.0. The highest BCUT2D eigenvalue weighted by atomic mass is 32.1. The Hall–Kier alpha value is -1.59. The van der Waals surface area contributed by atoms with E-state index in [2.05, 4.69) is 51.1 Å². The molecule has 3 aromatic heterocycles. The van der Waals surface area contributed by atoms with Gasteiger partial charge in [0.2, 0.25) is 0 Å². The summed E-state index contributed by atoms with van der Waals surface area (Å²) in [5.41, 5.74) is 9.69. The first kappa shape index (κ1) is 13.4. The van der Waals surface area contributed by atoms with Crippen molar-refractivity contribution in [3.8, 4) is 19.5 Å². The molecule has 0 aliphatic carbocycles. The predicted octanol–water partition coefficient (Wildman–Crippen LogP) is 6.06. The molecule has 0 saturated heterocycles. The molecule has 0 radical (unpaired) electrons. The number of hydrogen-bond donors (Lipinski definition) is 0. The van der Waals surface area contributed by atoms with Crippen LogP contribution in [0.15, 0.2) is 46.2 Å². The lowest BCUT2D eigenvalue weighted by Crippen LogP contribution is -1.87. The van der Waals surface area contributed by atoms with Crippen molar-refractivity contribution in [3.05, 3.63) is 57.1 Å². The second-order valence-electron chi connectivity index (χ2n) is 4.12. The van der Waals surface area contributed by atoms with Crippen LogP contribution in [0.2, 0.25) is 0 Å². The predicted molar refractivity (Wildman–Crippen MR) is 88.7 cm³/mol. The van der Waals surface area contributed by atoms with Crippen molar-refractivity contribution in [2.45, 2.75) is 6.42 Å². The van der Waals surface area contributed by atoms with Gasteiger partial charge in [-0.25, -0.2) is 0 Å².